The highest BCUT2D eigenvalue weighted by Crippen LogP contribution is 2.33. The first-order chi connectivity index (χ1) is 13.1. The first-order valence-electron chi connectivity index (χ1n) is 9.08. The largest absolute Gasteiger partial charge is 0.501 e. The van der Waals surface area contributed by atoms with Crippen LogP contribution in [-0.2, 0) is 18.6 Å². The van der Waals surface area contributed by atoms with Crippen LogP contribution in [0.1, 0.15) is 37.9 Å². The molecule has 0 bridgehead atoms. The maximum absolute atomic E-state index is 13.0. The summed E-state index contributed by atoms with van der Waals surface area (Å²) in [6, 6.07) is 6.04. The molecule has 0 spiro atoms. The van der Waals surface area contributed by atoms with Crippen molar-refractivity contribution in [2.75, 3.05) is 6.54 Å². The molecule has 1 aromatic heterocycles. The molecule has 0 unspecified atom stereocenters. The Morgan fingerprint density at radius 3 is 2.54 bits per heavy atom. The fourth-order valence-corrected chi connectivity index (χ4v) is 3.59. The van der Waals surface area contributed by atoms with Crippen LogP contribution in [0.25, 0.3) is 5.70 Å². The number of nitrogens with zero attached hydrogens (tertiary/aromatic N) is 3. The average molecular weight is 384 g/mol. The van der Waals surface area contributed by atoms with Crippen LogP contribution in [-0.4, -0.2) is 26.1 Å². The summed E-state index contributed by atoms with van der Waals surface area (Å²) in [4.78, 5) is 19.4. The SMILES string of the molecule is C=C(NCc1ccc(F)cc1)c1nc2n(c(=O)c1O)CCN(C(=C)C)C2(C)C. The van der Waals surface area contributed by atoms with Gasteiger partial charge in [0.15, 0.2) is 0 Å². The van der Waals surface area contributed by atoms with Crippen LogP contribution < -0.4 is 10.9 Å². The summed E-state index contributed by atoms with van der Waals surface area (Å²) in [6.45, 7) is 15.2. The Morgan fingerprint density at radius 1 is 1.29 bits per heavy atom. The Labute approximate surface area is 163 Å². The normalized spacial score (nSPS) is 15.1. The van der Waals surface area contributed by atoms with Crippen LogP contribution in [0.4, 0.5) is 4.39 Å². The molecule has 6 nitrogen and oxygen atoms in total. The molecule has 0 radical (unpaired) electrons. The third kappa shape index (κ3) is 3.40. The quantitative estimate of drug-likeness (QED) is 0.830. The molecule has 0 saturated heterocycles. The van der Waals surface area contributed by atoms with E-state index >= 15 is 0 Å². The predicted molar refractivity (Wildman–Crippen MR) is 107 cm³/mol. The van der Waals surface area contributed by atoms with Gasteiger partial charge >= 0.3 is 0 Å². The number of benzene rings is 1. The average Bonchev–Trinajstić information content (AvgIpc) is 2.63. The predicted octanol–water partition coefficient (Wildman–Crippen LogP) is 2.93. The molecule has 2 N–H and O–H groups in total. The molecule has 1 aromatic carbocycles. The molecule has 2 heterocycles. The molecule has 148 valence electrons. The summed E-state index contributed by atoms with van der Waals surface area (Å²) >= 11 is 0. The Hall–Kier alpha value is -3.09. The van der Waals surface area contributed by atoms with Crippen LogP contribution in [0.2, 0.25) is 0 Å². The lowest BCUT2D eigenvalue weighted by Gasteiger charge is -2.45. The van der Waals surface area contributed by atoms with E-state index in [1.54, 1.807) is 12.1 Å². The summed E-state index contributed by atoms with van der Waals surface area (Å²) in [5.74, 6) is -0.196. The highest BCUT2D eigenvalue weighted by Gasteiger charge is 2.38. The number of hydrogen-bond donors (Lipinski definition) is 2. The third-order valence-electron chi connectivity index (χ3n) is 5.08. The molecule has 3 rings (SSSR count). The molecular formula is C21H25FN4O2. The van der Waals surface area contributed by atoms with Crippen molar-refractivity contribution in [3.63, 3.8) is 0 Å². The molecule has 0 aliphatic carbocycles. The van der Waals surface area contributed by atoms with Gasteiger partial charge < -0.3 is 15.3 Å². The number of allylic oxidation sites excluding steroid dienone is 1. The lowest BCUT2D eigenvalue weighted by Crippen LogP contribution is -2.51. The first-order valence-corrected chi connectivity index (χ1v) is 9.08. The fourth-order valence-electron chi connectivity index (χ4n) is 3.59. The van der Waals surface area contributed by atoms with Crippen molar-refractivity contribution in [1.82, 2.24) is 19.8 Å². The van der Waals surface area contributed by atoms with Crippen LogP contribution in [0.15, 0.2) is 47.9 Å². The molecule has 7 heteroatoms. The molecule has 1 aliphatic heterocycles. The van der Waals surface area contributed by atoms with Gasteiger partial charge in [-0.25, -0.2) is 9.37 Å². The second-order valence-corrected chi connectivity index (χ2v) is 7.49. The van der Waals surface area contributed by atoms with Crippen molar-refractivity contribution in [3.8, 4) is 5.75 Å². The van der Waals surface area contributed by atoms with Crippen LogP contribution in [0.3, 0.4) is 0 Å². The Morgan fingerprint density at radius 2 is 1.93 bits per heavy atom. The molecular weight excluding hydrogens is 359 g/mol. The number of halogens is 1. The van der Waals surface area contributed by atoms with Gasteiger partial charge in [0, 0.05) is 25.3 Å². The van der Waals surface area contributed by atoms with Gasteiger partial charge in [-0.3, -0.25) is 9.36 Å². The minimum Gasteiger partial charge on any atom is -0.501 e. The lowest BCUT2D eigenvalue weighted by molar-refractivity contribution is 0.114. The molecule has 1 aliphatic rings. The summed E-state index contributed by atoms with van der Waals surface area (Å²) in [7, 11) is 0. The second-order valence-electron chi connectivity index (χ2n) is 7.49. The molecule has 0 saturated carbocycles. The number of aromatic hydroxyl groups is 1. The van der Waals surface area contributed by atoms with E-state index in [0.717, 1.165) is 11.3 Å². The lowest BCUT2D eigenvalue weighted by atomic mass is 9.97. The topological polar surface area (TPSA) is 70.4 Å². The second kappa shape index (κ2) is 7.14. The van der Waals surface area contributed by atoms with Gasteiger partial charge in [-0.05, 0) is 38.5 Å². The van der Waals surface area contributed by atoms with E-state index in [0.29, 0.717) is 31.2 Å². The highest BCUT2D eigenvalue weighted by molar-refractivity contribution is 5.63. The van der Waals surface area contributed by atoms with Crippen LogP contribution in [0, 0.1) is 5.82 Å². The van der Waals surface area contributed by atoms with E-state index in [-0.39, 0.29) is 11.5 Å². The van der Waals surface area contributed by atoms with E-state index in [9.17, 15) is 14.3 Å². The van der Waals surface area contributed by atoms with Crippen LogP contribution in [0.5, 0.6) is 5.75 Å². The van der Waals surface area contributed by atoms with E-state index in [4.69, 9.17) is 0 Å². The maximum atomic E-state index is 13.0. The van der Waals surface area contributed by atoms with Gasteiger partial charge in [-0.2, -0.15) is 0 Å². The zero-order valence-electron chi connectivity index (χ0n) is 16.4. The Balaban J connectivity index is 1.94. The monoisotopic (exact) mass is 384 g/mol. The van der Waals surface area contributed by atoms with Crippen molar-refractivity contribution < 1.29 is 9.50 Å². The molecule has 0 amide bonds. The van der Waals surface area contributed by atoms with Gasteiger partial charge in [0.05, 0.1) is 11.2 Å². The highest BCUT2D eigenvalue weighted by atomic mass is 19.1. The van der Waals surface area contributed by atoms with Crippen LogP contribution >= 0.6 is 0 Å². The minimum atomic E-state index is -0.567. The van der Waals surface area contributed by atoms with Gasteiger partial charge in [-0.15, -0.1) is 0 Å². The standard InChI is InChI=1S/C21H25FN4O2/c1-13(2)26-11-10-25-19(28)18(27)17(24-20(25)21(26,4)5)14(3)23-12-15-6-8-16(22)9-7-15/h6-9,23,27H,1,3,10-12H2,2,4-5H3. The summed E-state index contributed by atoms with van der Waals surface area (Å²) < 4.78 is 14.5. The number of aromatic nitrogens is 2. The number of rotatable bonds is 5. The first kappa shape index (κ1) is 19.7. The molecule has 2 aromatic rings. The van der Waals surface area contributed by atoms with Crippen molar-refractivity contribution in [2.45, 2.75) is 39.4 Å². The number of fused-ring (bicyclic) bond motifs is 1. The fraction of sp³-hybridized carbons (Fsp3) is 0.333. The molecule has 0 fully saturated rings. The van der Waals surface area contributed by atoms with E-state index in [1.807, 2.05) is 20.8 Å². The van der Waals surface area contributed by atoms with Gasteiger partial charge in [0.2, 0.25) is 5.75 Å². The molecule has 28 heavy (non-hydrogen) atoms. The smallest absolute Gasteiger partial charge is 0.296 e. The zero-order chi connectivity index (χ0) is 20.6. The van der Waals surface area contributed by atoms with Gasteiger partial charge in [0.1, 0.15) is 17.3 Å². The minimum absolute atomic E-state index is 0.120. The zero-order valence-corrected chi connectivity index (χ0v) is 16.4. The van der Waals surface area contributed by atoms with Gasteiger partial charge in [-0.1, -0.05) is 25.3 Å². The van der Waals surface area contributed by atoms with Crippen molar-refractivity contribution >= 4 is 5.70 Å². The van der Waals surface area contributed by atoms with E-state index in [1.165, 1.54) is 16.7 Å². The summed E-state index contributed by atoms with van der Waals surface area (Å²) in [5, 5.41) is 13.5. The van der Waals surface area contributed by atoms with E-state index < -0.39 is 16.8 Å². The number of hydrogen-bond acceptors (Lipinski definition) is 5. The Bertz CT molecular complexity index is 993. The van der Waals surface area contributed by atoms with E-state index in [2.05, 4.69) is 28.4 Å². The summed E-state index contributed by atoms with van der Waals surface area (Å²) in [5.41, 5.74) is 1.11. The third-order valence-corrected chi connectivity index (χ3v) is 5.08. The van der Waals surface area contributed by atoms with Crippen molar-refractivity contribution in [3.05, 3.63) is 76.4 Å². The van der Waals surface area contributed by atoms with Crippen molar-refractivity contribution in [1.29, 1.82) is 0 Å². The van der Waals surface area contributed by atoms with Crippen molar-refractivity contribution in [2.24, 2.45) is 0 Å². The summed E-state index contributed by atoms with van der Waals surface area (Å²) in [6.07, 6.45) is 0. The maximum Gasteiger partial charge on any atom is 0.296 e. The molecule has 0 atom stereocenters. The van der Waals surface area contributed by atoms with Gasteiger partial charge in [0.25, 0.3) is 5.56 Å². The Kier molecular flexibility index (Phi) is 5.02. The number of nitrogens with one attached hydrogen (secondary N) is 1.